The topological polar surface area (TPSA) is 108 Å². The highest BCUT2D eigenvalue weighted by Crippen LogP contribution is 2.63. The lowest BCUT2D eigenvalue weighted by molar-refractivity contribution is -0.132. The van der Waals surface area contributed by atoms with Crippen molar-refractivity contribution in [1.29, 1.82) is 0 Å². The molecule has 2 amide bonds. The van der Waals surface area contributed by atoms with Gasteiger partial charge in [-0.1, -0.05) is 24.8 Å². The zero-order valence-corrected chi connectivity index (χ0v) is 26.6. The maximum atomic E-state index is 12.6. The van der Waals surface area contributed by atoms with Gasteiger partial charge < -0.3 is 34.6 Å². The van der Waals surface area contributed by atoms with E-state index in [1.54, 1.807) is 13.3 Å². The van der Waals surface area contributed by atoms with E-state index < -0.39 is 0 Å². The summed E-state index contributed by atoms with van der Waals surface area (Å²) < 4.78 is 8.30. The molecular weight excluding hydrogens is 580 g/mol. The number of carbonyl (C=O) groups is 2. The highest BCUT2D eigenvalue weighted by Gasteiger charge is 2.58. The molecule has 0 spiro atoms. The number of rotatable bonds is 10. The van der Waals surface area contributed by atoms with E-state index in [2.05, 4.69) is 62.1 Å². The molecule has 2 aromatic carbocycles. The number of ether oxygens (including phenoxy) is 1. The molecule has 1 saturated heterocycles. The number of hydrogen-bond acceptors (Lipinski definition) is 8. The average molecular weight is 621 g/mol. The number of methoxy groups -OCH3 is 1. The van der Waals surface area contributed by atoms with Gasteiger partial charge in [-0.2, -0.15) is 0 Å². The number of nitrogens with one attached hydrogen (secondary N) is 2. The Hall–Kier alpha value is -4.90. The summed E-state index contributed by atoms with van der Waals surface area (Å²) >= 11 is 0. The Morgan fingerprint density at radius 2 is 1.85 bits per heavy atom. The minimum absolute atomic E-state index is 0.105. The summed E-state index contributed by atoms with van der Waals surface area (Å²) in [6.07, 6.45) is 9.04. The van der Waals surface area contributed by atoms with Crippen molar-refractivity contribution in [3.05, 3.63) is 67.5 Å². The first-order valence-electron chi connectivity index (χ1n) is 15.8. The second-order valence-corrected chi connectivity index (χ2v) is 12.9. The molecule has 11 nitrogen and oxygen atoms in total. The second kappa shape index (κ2) is 11.8. The van der Waals surface area contributed by atoms with Crippen molar-refractivity contribution in [3.63, 3.8) is 0 Å². The summed E-state index contributed by atoms with van der Waals surface area (Å²) in [5.41, 5.74) is 5.41. The maximum Gasteiger partial charge on any atom is 0.247 e. The molecule has 4 aliphatic rings. The van der Waals surface area contributed by atoms with Gasteiger partial charge in [-0.3, -0.25) is 9.59 Å². The van der Waals surface area contributed by atoms with E-state index >= 15 is 0 Å². The normalized spacial score (nSPS) is 20.2. The lowest BCUT2D eigenvalue weighted by Crippen LogP contribution is -2.58. The highest BCUT2D eigenvalue weighted by atomic mass is 16.5. The van der Waals surface area contributed by atoms with Crippen molar-refractivity contribution in [3.8, 4) is 17.0 Å². The first-order valence-corrected chi connectivity index (χ1v) is 15.8. The number of benzene rings is 2. The zero-order chi connectivity index (χ0) is 32.0. The number of carbonyl (C=O) groups excluding carboxylic acids is 2. The maximum absolute atomic E-state index is 12.6. The molecule has 3 heterocycles. The number of para-hydroxylation sites is 1. The minimum atomic E-state index is -0.324. The number of nitrogens with zero attached hydrogens (tertiary/aromatic N) is 6. The van der Waals surface area contributed by atoms with Gasteiger partial charge in [0.15, 0.2) is 0 Å². The monoisotopic (exact) mass is 620 g/mol. The molecule has 8 rings (SSSR count). The van der Waals surface area contributed by atoms with Crippen LogP contribution in [0.25, 0.3) is 22.2 Å². The predicted molar refractivity (Wildman–Crippen MR) is 181 cm³/mol. The molecule has 11 heteroatoms. The Balaban J connectivity index is 1.17. The predicted octanol–water partition coefficient (Wildman–Crippen LogP) is 4.69. The number of piperazine rings is 1. The first kappa shape index (κ1) is 29.8. The summed E-state index contributed by atoms with van der Waals surface area (Å²) in [4.78, 5) is 40.5. The summed E-state index contributed by atoms with van der Waals surface area (Å²) in [5, 5.41) is 7.48. The van der Waals surface area contributed by atoms with Gasteiger partial charge in [-0.15, -0.1) is 0 Å². The molecule has 2 bridgehead atoms. The zero-order valence-electron chi connectivity index (χ0n) is 26.6. The van der Waals surface area contributed by atoms with E-state index in [4.69, 9.17) is 9.72 Å². The van der Waals surface area contributed by atoms with Crippen LogP contribution in [0, 0.1) is 5.92 Å². The van der Waals surface area contributed by atoms with E-state index in [1.807, 2.05) is 42.1 Å². The molecule has 4 fully saturated rings. The Morgan fingerprint density at radius 1 is 1.09 bits per heavy atom. The second-order valence-electron chi connectivity index (χ2n) is 12.9. The van der Waals surface area contributed by atoms with Crippen LogP contribution >= 0.6 is 0 Å². The van der Waals surface area contributed by atoms with Crippen LogP contribution in [0.4, 0.5) is 23.0 Å². The number of aromatic nitrogens is 3. The van der Waals surface area contributed by atoms with Gasteiger partial charge in [0.1, 0.15) is 5.75 Å². The fraction of sp³-hybridized carbons (Fsp3) is 0.371. The lowest BCUT2D eigenvalue weighted by atomic mass is 9.49. The lowest BCUT2D eigenvalue weighted by Gasteiger charge is -2.62. The molecule has 0 atom stereocenters. The van der Waals surface area contributed by atoms with Crippen LogP contribution in [0.5, 0.6) is 5.75 Å². The van der Waals surface area contributed by atoms with Crippen molar-refractivity contribution in [2.24, 2.45) is 5.92 Å². The van der Waals surface area contributed by atoms with Crippen LogP contribution < -0.4 is 20.3 Å². The van der Waals surface area contributed by atoms with Gasteiger partial charge in [-0.05, 0) is 63.6 Å². The summed E-state index contributed by atoms with van der Waals surface area (Å²) in [7, 11) is 5.39. The number of fused-ring (bicyclic) bond motifs is 1. The third-order valence-electron chi connectivity index (χ3n) is 9.59. The molecule has 0 unspecified atom stereocenters. The van der Waals surface area contributed by atoms with E-state index in [0.29, 0.717) is 55.8 Å². The quantitative estimate of drug-likeness (QED) is 0.246. The Morgan fingerprint density at radius 3 is 2.52 bits per heavy atom. The standard InChI is InChI=1S/C35H40N8O3/c1-5-32(44)37-27-16-28(31(46-4)17-30(27)41-12-14-42(15-13-41)33(45)22-40(2)3)39-34-36-11-10-26(38-34)25-21-43(35-18-23(19-35)20-35)29-9-7-6-8-24(25)29/h5-11,16-17,21,23H,1,12-15,18-20,22H2,2-4H3,(H,37,44)(H,36,38,39). The largest absolute Gasteiger partial charge is 0.494 e. The number of hydrogen-bond donors (Lipinski definition) is 2. The Bertz CT molecular complexity index is 1810. The van der Waals surface area contributed by atoms with Crippen LogP contribution in [0.15, 0.2) is 67.5 Å². The van der Waals surface area contributed by atoms with Gasteiger partial charge in [0.05, 0.1) is 36.4 Å². The van der Waals surface area contributed by atoms with Crippen LogP contribution in [0.2, 0.25) is 0 Å². The summed E-state index contributed by atoms with van der Waals surface area (Å²) in [5.74, 6) is 1.65. The van der Waals surface area contributed by atoms with Crippen molar-refractivity contribution in [2.75, 3.05) is 69.5 Å². The van der Waals surface area contributed by atoms with Crippen molar-refractivity contribution >= 4 is 45.7 Å². The van der Waals surface area contributed by atoms with Gasteiger partial charge in [-0.25, -0.2) is 9.97 Å². The van der Waals surface area contributed by atoms with Crippen LogP contribution in [-0.4, -0.2) is 90.1 Å². The van der Waals surface area contributed by atoms with Gasteiger partial charge >= 0.3 is 0 Å². The van der Waals surface area contributed by atoms with Gasteiger partial charge in [0.25, 0.3) is 0 Å². The van der Waals surface area contributed by atoms with Crippen molar-refractivity contribution in [1.82, 2.24) is 24.3 Å². The van der Waals surface area contributed by atoms with Gasteiger partial charge in [0, 0.05) is 66.6 Å². The summed E-state index contributed by atoms with van der Waals surface area (Å²) in [6, 6.07) is 14.2. The summed E-state index contributed by atoms with van der Waals surface area (Å²) in [6.45, 7) is 6.41. The number of likely N-dealkylation sites (N-methyl/N-ethyl adjacent to an activating group) is 1. The van der Waals surface area contributed by atoms with Gasteiger partial charge in [0.2, 0.25) is 17.8 Å². The Kier molecular flexibility index (Phi) is 7.64. The molecule has 1 aliphatic heterocycles. The van der Waals surface area contributed by atoms with Crippen LogP contribution in [0.1, 0.15) is 19.3 Å². The fourth-order valence-corrected chi connectivity index (χ4v) is 7.14. The molecule has 2 aromatic heterocycles. The third kappa shape index (κ3) is 5.34. The van der Waals surface area contributed by atoms with E-state index in [0.717, 1.165) is 22.9 Å². The molecule has 46 heavy (non-hydrogen) atoms. The molecule has 3 aliphatic carbocycles. The Labute approximate surface area is 268 Å². The van der Waals surface area contributed by atoms with Crippen LogP contribution in [-0.2, 0) is 15.1 Å². The van der Waals surface area contributed by atoms with E-state index in [-0.39, 0.29) is 17.4 Å². The average Bonchev–Trinajstić information content (AvgIpc) is 3.39. The molecule has 4 aromatic rings. The number of anilines is 4. The molecular formula is C35H40N8O3. The molecule has 2 N–H and O–H groups in total. The SMILES string of the molecule is C=CC(=O)Nc1cc(Nc2nccc(-c3cn(C45CC(C4)C5)c4ccccc34)n2)c(OC)cc1N1CCN(C(=O)CN(C)C)CC1. The minimum Gasteiger partial charge on any atom is -0.494 e. The van der Waals surface area contributed by atoms with Crippen molar-refractivity contribution in [2.45, 2.75) is 24.8 Å². The van der Waals surface area contributed by atoms with E-state index in [9.17, 15) is 9.59 Å². The fourth-order valence-electron chi connectivity index (χ4n) is 7.14. The number of amides is 2. The van der Waals surface area contributed by atoms with Crippen LogP contribution in [0.3, 0.4) is 0 Å². The molecule has 3 saturated carbocycles. The highest BCUT2D eigenvalue weighted by molar-refractivity contribution is 6.02. The van der Waals surface area contributed by atoms with Crippen molar-refractivity contribution < 1.29 is 14.3 Å². The smallest absolute Gasteiger partial charge is 0.247 e. The molecule has 0 radical (unpaired) electrons. The van der Waals surface area contributed by atoms with E-state index in [1.165, 1.54) is 36.2 Å². The first-order chi connectivity index (χ1) is 22.3. The third-order valence-corrected chi connectivity index (χ3v) is 9.59. The molecule has 238 valence electrons.